The number of aromatic nitrogens is 2. The number of benzene rings is 1. The van der Waals surface area contributed by atoms with Crippen molar-refractivity contribution in [3.05, 3.63) is 36.2 Å². The molecular formula is C22H30N6O2. The lowest BCUT2D eigenvalue weighted by Gasteiger charge is -2.28. The van der Waals surface area contributed by atoms with Gasteiger partial charge in [-0.3, -0.25) is 0 Å². The van der Waals surface area contributed by atoms with E-state index in [1.54, 1.807) is 0 Å². The topological polar surface area (TPSA) is 91.4 Å². The molecule has 2 aromatic rings. The molecule has 0 unspecified atom stereocenters. The Bertz CT molecular complexity index is 862. The van der Waals surface area contributed by atoms with E-state index in [-0.39, 0.29) is 12.1 Å². The van der Waals surface area contributed by atoms with Crippen LogP contribution in [0.2, 0.25) is 0 Å². The van der Waals surface area contributed by atoms with Crippen molar-refractivity contribution in [1.29, 1.82) is 0 Å². The maximum atomic E-state index is 12.3. The molecule has 3 N–H and O–H groups in total. The van der Waals surface area contributed by atoms with E-state index in [0.29, 0.717) is 19.0 Å². The fourth-order valence-electron chi connectivity index (χ4n) is 3.99. The van der Waals surface area contributed by atoms with Gasteiger partial charge in [-0.05, 0) is 38.0 Å². The fraction of sp³-hybridized carbons (Fsp3) is 0.500. The number of ether oxygens (including phenoxy) is 1. The smallest absolute Gasteiger partial charge is 0.319 e. The molecule has 0 spiro atoms. The van der Waals surface area contributed by atoms with Gasteiger partial charge in [-0.1, -0.05) is 25.3 Å². The van der Waals surface area contributed by atoms with Crippen molar-refractivity contribution in [2.75, 3.05) is 41.8 Å². The van der Waals surface area contributed by atoms with Gasteiger partial charge in [0.1, 0.15) is 17.5 Å². The highest BCUT2D eigenvalue weighted by Crippen LogP contribution is 2.23. The summed E-state index contributed by atoms with van der Waals surface area (Å²) >= 11 is 0. The highest BCUT2D eigenvalue weighted by Gasteiger charge is 2.16. The van der Waals surface area contributed by atoms with Crippen LogP contribution >= 0.6 is 0 Å². The van der Waals surface area contributed by atoms with E-state index >= 15 is 0 Å². The maximum absolute atomic E-state index is 12.3. The molecule has 8 nitrogen and oxygen atoms in total. The summed E-state index contributed by atoms with van der Waals surface area (Å²) in [5.74, 6) is 2.34. The molecule has 0 atom stereocenters. The second-order valence-corrected chi connectivity index (χ2v) is 7.90. The number of morpholine rings is 1. The van der Waals surface area contributed by atoms with Crippen LogP contribution in [0.25, 0.3) is 0 Å². The fourth-order valence-corrected chi connectivity index (χ4v) is 3.99. The van der Waals surface area contributed by atoms with Crippen molar-refractivity contribution in [3.8, 4) is 0 Å². The summed E-state index contributed by atoms with van der Waals surface area (Å²) in [6, 6.07) is 9.75. The quantitative estimate of drug-likeness (QED) is 0.694. The number of hydrogen-bond donors (Lipinski definition) is 3. The number of carbonyl (C=O) groups excluding carboxylic acids is 1. The molecule has 0 radical (unpaired) electrons. The van der Waals surface area contributed by atoms with Crippen LogP contribution in [0.3, 0.4) is 0 Å². The van der Waals surface area contributed by atoms with E-state index < -0.39 is 0 Å². The third-order valence-corrected chi connectivity index (χ3v) is 5.49. The van der Waals surface area contributed by atoms with Gasteiger partial charge in [-0.2, -0.15) is 0 Å². The van der Waals surface area contributed by atoms with Gasteiger partial charge in [-0.25, -0.2) is 14.8 Å². The van der Waals surface area contributed by atoms with Gasteiger partial charge in [0.2, 0.25) is 0 Å². The van der Waals surface area contributed by atoms with Gasteiger partial charge in [0, 0.05) is 36.6 Å². The van der Waals surface area contributed by atoms with Crippen LogP contribution in [0.5, 0.6) is 0 Å². The Morgan fingerprint density at radius 1 is 1.07 bits per heavy atom. The van der Waals surface area contributed by atoms with Crippen molar-refractivity contribution in [2.24, 2.45) is 0 Å². The molecule has 1 aromatic carbocycles. The molecule has 1 aliphatic heterocycles. The first kappa shape index (κ1) is 20.4. The number of nitrogens with one attached hydrogen (secondary N) is 3. The van der Waals surface area contributed by atoms with Crippen molar-refractivity contribution in [1.82, 2.24) is 15.3 Å². The number of amides is 2. The Balaban J connectivity index is 1.40. The van der Waals surface area contributed by atoms with Gasteiger partial charge >= 0.3 is 6.03 Å². The summed E-state index contributed by atoms with van der Waals surface area (Å²) in [5.41, 5.74) is 1.60. The van der Waals surface area contributed by atoms with Gasteiger partial charge in [0.15, 0.2) is 0 Å². The molecule has 4 rings (SSSR count). The zero-order chi connectivity index (χ0) is 20.8. The Labute approximate surface area is 177 Å². The summed E-state index contributed by atoms with van der Waals surface area (Å²) in [6.07, 6.45) is 5.77. The van der Waals surface area contributed by atoms with E-state index in [4.69, 9.17) is 4.74 Å². The van der Waals surface area contributed by atoms with Crippen molar-refractivity contribution in [3.63, 3.8) is 0 Å². The molecule has 2 fully saturated rings. The van der Waals surface area contributed by atoms with Gasteiger partial charge in [-0.15, -0.1) is 0 Å². The Kier molecular flexibility index (Phi) is 6.63. The lowest BCUT2D eigenvalue weighted by molar-refractivity contribution is 0.122. The monoisotopic (exact) mass is 410 g/mol. The second kappa shape index (κ2) is 9.75. The van der Waals surface area contributed by atoms with Crippen LogP contribution in [-0.4, -0.2) is 48.3 Å². The number of nitrogens with zero attached hydrogens (tertiary/aromatic N) is 3. The zero-order valence-electron chi connectivity index (χ0n) is 17.5. The summed E-state index contributed by atoms with van der Waals surface area (Å²) in [4.78, 5) is 23.6. The summed E-state index contributed by atoms with van der Waals surface area (Å²) < 4.78 is 5.43. The van der Waals surface area contributed by atoms with Crippen molar-refractivity contribution in [2.45, 2.75) is 45.1 Å². The predicted molar refractivity (Wildman–Crippen MR) is 119 cm³/mol. The third-order valence-electron chi connectivity index (χ3n) is 5.49. The van der Waals surface area contributed by atoms with Crippen LogP contribution in [0.1, 0.15) is 37.9 Å². The second-order valence-electron chi connectivity index (χ2n) is 7.90. The standard InChI is InChI=1S/C22H30N6O2/c1-16-23-20(15-21(24-16)28-10-12-30-13-11-28)25-18-8-5-9-19(14-18)27-22(29)26-17-6-3-2-4-7-17/h5,8-9,14-15,17H,2-4,6-7,10-13H2,1H3,(H,23,24,25)(H2,26,27,29). The van der Waals surface area contributed by atoms with Crippen LogP contribution in [0.4, 0.5) is 27.8 Å². The maximum Gasteiger partial charge on any atom is 0.319 e. The minimum atomic E-state index is -0.147. The van der Waals surface area contributed by atoms with E-state index in [1.807, 2.05) is 37.3 Å². The molecule has 160 valence electrons. The minimum absolute atomic E-state index is 0.147. The van der Waals surface area contributed by atoms with Crippen LogP contribution in [0.15, 0.2) is 30.3 Å². The van der Waals surface area contributed by atoms with Gasteiger partial charge in [0.05, 0.1) is 13.2 Å². The SMILES string of the molecule is Cc1nc(Nc2cccc(NC(=O)NC3CCCCC3)c2)cc(N2CCOCC2)n1. The van der Waals surface area contributed by atoms with E-state index in [0.717, 1.165) is 48.9 Å². The molecule has 8 heteroatoms. The molecule has 2 aliphatic rings. The molecule has 1 saturated carbocycles. The lowest BCUT2D eigenvalue weighted by atomic mass is 9.96. The third kappa shape index (κ3) is 5.60. The Hall–Kier alpha value is -2.87. The minimum Gasteiger partial charge on any atom is -0.378 e. The van der Waals surface area contributed by atoms with Crippen LogP contribution < -0.4 is 20.9 Å². The van der Waals surface area contributed by atoms with E-state index in [9.17, 15) is 4.79 Å². The first-order valence-electron chi connectivity index (χ1n) is 10.8. The average Bonchev–Trinajstić information content (AvgIpc) is 2.75. The van der Waals surface area contributed by atoms with Gasteiger partial charge in [0.25, 0.3) is 0 Å². The number of rotatable bonds is 5. The molecule has 1 saturated heterocycles. The first-order chi connectivity index (χ1) is 14.7. The summed E-state index contributed by atoms with van der Waals surface area (Å²) in [5, 5.41) is 9.36. The van der Waals surface area contributed by atoms with E-state index in [2.05, 4.69) is 30.8 Å². The molecule has 2 amide bonds. The number of aryl methyl sites for hydroxylation is 1. The van der Waals surface area contributed by atoms with Gasteiger partial charge < -0.3 is 25.6 Å². The molecule has 1 aliphatic carbocycles. The van der Waals surface area contributed by atoms with Crippen molar-refractivity contribution >= 4 is 29.0 Å². The highest BCUT2D eigenvalue weighted by atomic mass is 16.5. The van der Waals surface area contributed by atoms with Crippen molar-refractivity contribution < 1.29 is 9.53 Å². The molecular weight excluding hydrogens is 380 g/mol. The summed E-state index contributed by atoms with van der Waals surface area (Å²) in [6.45, 7) is 4.96. The van der Waals surface area contributed by atoms with E-state index in [1.165, 1.54) is 19.3 Å². The number of urea groups is 1. The Morgan fingerprint density at radius 2 is 1.83 bits per heavy atom. The Morgan fingerprint density at radius 3 is 2.63 bits per heavy atom. The lowest BCUT2D eigenvalue weighted by Crippen LogP contribution is -2.39. The zero-order valence-corrected chi connectivity index (χ0v) is 17.5. The summed E-state index contributed by atoms with van der Waals surface area (Å²) in [7, 11) is 0. The largest absolute Gasteiger partial charge is 0.378 e. The first-order valence-corrected chi connectivity index (χ1v) is 10.8. The molecule has 2 heterocycles. The number of anilines is 4. The number of carbonyl (C=O) groups is 1. The molecule has 0 bridgehead atoms. The highest BCUT2D eigenvalue weighted by molar-refractivity contribution is 5.90. The number of hydrogen-bond acceptors (Lipinski definition) is 6. The molecule has 30 heavy (non-hydrogen) atoms. The normalized spacial score (nSPS) is 17.4. The molecule has 1 aromatic heterocycles. The van der Waals surface area contributed by atoms with Crippen LogP contribution in [0, 0.1) is 6.92 Å². The predicted octanol–water partition coefficient (Wildman–Crippen LogP) is 3.82. The average molecular weight is 411 g/mol. The van der Waals surface area contributed by atoms with Crippen LogP contribution in [-0.2, 0) is 4.74 Å².